The van der Waals surface area contributed by atoms with Crippen molar-refractivity contribution in [2.24, 2.45) is 0 Å². The Bertz CT molecular complexity index is 1050. The summed E-state index contributed by atoms with van der Waals surface area (Å²) in [5, 5.41) is 11.0. The standard InChI is InChI=1S/C33H44FNO3/c1-2-3-4-5-6-7-8-9-10-11-12-13-14-20-25-35-30(27-23-18-19-24-28(27)34)29(32(37)33(35)38)31(36)26-21-16-15-17-22-26/h15-19,21-24,30,36H,2-14,20,25H2,1H3/t30-/m0/s1. The number of likely N-dealkylation sites (tertiary alicyclic amines) is 1. The third-order valence-corrected chi connectivity index (χ3v) is 7.54. The largest absolute Gasteiger partial charge is 0.507 e. The van der Waals surface area contributed by atoms with Crippen molar-refractivity contribution in [3.63, 3.8) is 0 Å². The Hall–Kier alpha value is -2.95. The fourth-order valence-corrected chi connectivity index (χ4v) is 5.36. The molecule has 1 atom stereocenters. The first-order valence-electron chi connectivity index (χ1n) is 14.6. The fraction of sp³-hybridized carbons (Fsp3) is 0.515. The first-order chi connectivity index (χ1) is 18.6. The molecule has 1 saturated heterocycles. The number of benzene rings is 2. The van der Waals surface area contributed by atoms with Crippen LogP contribution in [-0.2, 0) is 9.59 Å². The number of carbonyl (C=O) groups is 2. The van der Waals surface area contributed by atoms with E-state index in [2.05, 4.69) is 6.92 Å². The summed E-state index contributed by atoms with van der Waals surface area (Å²) in [6, 6.07) is 13.9. The number of ketones is 1. The Labute approximate surface area is 227 Å². The van der Waals surface area contributed by atoms with Gasteiger partial charge in [-0.25, -0.2) is 4.39 Å². The van der Waals surface area contributed by atoms with Gasteiger partial charge >= 0.3 is 0 Å². The van der Waals surface area contributed by atoms with Crippen molar-refractivity contribution in [3.8, 4) is 0 Å². The summed E-state index contributed by atoms with van der Waals surface area (Å²) in [6.07, 6.45) is 17.2. The van der Waals surface area contributed by atoms with Gasteiger partial charge in [-0.1, -0.05) is 139 Å². The van der Waals surface area contributed by atoms with E-state index in [9.17, 15) is 19.1 Å². The molecule has 0 aromatic heterocycles. The second kappa shape index (κ2) is 16.1. The molecule has 206 valence electrons. The molecule has 2 aromatic carbocycles. The zero-order valence-corrected chi connectivity index (χ0v) is 23.0. The molecule has 2 aromatic rings. The molecule has 1 aliphatic heterocycles. The van der Waals surface area contributed by atoms with Crippen molar-refractivity contribution >= 4 is 17.4 Å². The fourth-order valence-electron chi connectivity index (χ4n) is 5.36. The molecule has 1 aliphatic rings. The first kappa shape index (κ1) is 29.6. The molecule has 1 amide bonds. The van der Waals surface area contributed by atoms with Crippen molar-refractivity contribution in [2.75, 3.05) is 6.54 Å². The minimum Gasteiger partial charge on any atom is -0.507 e. The Morgan fingerprint density at radius 2 is 1.24 bits per heavy atom. The van der Waals surface area contributed by atoms with E-state index in [1.54, 1.807) is 48.5 Å². The summed E-state index contributed by atoms with van der Waals surface area (Å²) in [4.78, 5) is 27.5. The van der Waals surface area contributed by atoms with E-state index >= 15 is 0 Å². The minimum atomic E-state index is -0.932. The van der Waals surface area contributed by atoms with Gasteiger partial charge in [-0.05, 0) is 12.5 Å². The maximum Gasteiger partial charge on any atom is 0.295 e. The lowest BCUT2D eigenvalue weighted by atomic mass is 9.95. The minimum absolute atomic E-state index is 0.0448. The number of unbranched alkanes of at least 4 members (excludes halogenated alkanes) is 13. The molecule has 0 unspecified atom stereocenters. The third-order valence-electron chi connectivity index (χ3n) is 7.54. The second-order valence-corrected chi connectivity index (χ2v) is 10.5. The molecule has 4 nitrogen and oxygen atoms in total. The van der Waals surface area contributed by atoms with Crippen LogP contribution in [0, 0.1) is 5.82 Å². The average Bonchev–Trinajstić information content (AvgIpc) is 3.18. The van der Waals surface area contributed by atoms with Gasteiger partial charge in [0.05, 0.1) is 11.6 Å². The van der Waals surface area contributed by atoms with E-state index in [1.807, 2.05) is 0 Å². The van der Waals surface area contributed by atoms with Gasteiger partial charge in [-0.15, -0.1) is 0 Å². The Morgan fingerprint density at radius 3 is 1.79 bits per heavy atom. The van der Waals surface area contributed by atoms with Gasteiger partial charge in [0.2, 0.25) is 0 Å². The summed E-state index contributed by atoms with van der Waals surface area (Å²) >= 11 is 0. The number of hydrogen-bond acceptors (Lipinski definition) is 3. The summed E-state index contributed by atoms with van der Waals surface area (Å²) < 4.78 is 14.9. The molecule has 0 bridgehead atoms. The smallest absolute Gasteiger partial charge is 0.295 e. The number of rotatable bonds is 17. The highest BCUT2D eigenvalue weighted by molar-refractivity contribution is 6.46. The predicted molar refractivity (Wildman–Crippen MR) is 152 cm³/mol. The quantitative estimate of drug-likeness (QED) is 0.0980. The van der Waals surface area contributed by atoms with Crippen LogP contribution in [0.2, 0.25) is 0 Å². The SMILES string of the molecule is CCCCCCCCCCCCCCCCN1C(=O)C(=O)C(=C(O)c2ccccc2)[C@@H]1c1ccccc1F. The van der Waals surface area contributed by atoms with Crippen LogP contribution in [0.4, 0.5) is 4.39 Å². The molecule has 0 spiro atoms. The Kier molecular flexibility index (Phi) is 12.5. The molecule has 0 radical (unpaired) electrons. The van der Waals surface area contributed by atoms with Crippen molar-refractivity contribution in [1.29, 1.82) is 0 Å². The first-order valence-corrected chi connectivity index (χ1v) is 14.6. The molecule has 3 rings (SSSR count). The van der Waals surface area contributed by atoms with Crippen LogP contribution >= 0.6 is 0 Å². The van der Waals surface area contributed by atoms with E-state index in [0.29, 0.717) is 12.1 Å². The summed E-state index contributed by atoms with van der Waals surface area (Å²) in [5.74, 6) is -2.19. The van der Waals surface area contributed by atoms with Crippen molar-refractivity contribution in [1.82, 2.24) is 4.90 Å². The van der Waals surface area contributed by atoms with Crippen molar-refractivity contribution < 1.29 is 19.1 Å². The molecular formula is C33H44FNO3. The van der Waals surface area contributed by atoms with Crippen molar-refractivity contribution in [2.45, 2.75) is 103 Å². The van der Waals surface area contributed by atoms with Crippen molar-refractivity contribution in [3.05, 3.63) is 77.1 Å². The number of nitrogens with zero attached hydrogens (tertiary/aromatic N) is 1. The number of Topliss-reactive ketones (excluding diaryl/α,β-unsaturated/α-hetero) is 1. The molecule has 1 N–H and O–H groups in total. The summed E-state index contributed by atoms with van der Waals surface area (Å²) in [7, 11) is 0. The number of halogens is 1. The van der Waals surface area contributed by atoms with Gasteiger partial charge in [-0.2, -0.15) is 0 Å². The topological polar surface area (TPSA) is 57.6 Å². The zero-order valence-electron chi connectivity index (χ0n) is 23.0. The number of hydrogen-bond donors (Lipinski definition) is 1. The third kappa shape index (κ3) is 8.28. The molecule has 1 fully saturated rings. The maximum atomic E-state index is 14.9. The van der Waals surface area contributed by atoms with Gasteiger partial charge < -0.3 is 10.0 Å². The number of aliphatic hydroxyl groups excluding tert-OH is 1. The van der Waals surface area contributed by atoms with Gasteiger partial charge in [-0.3, -0.25) is 9.59 Å². The lowest BCUT2D eigenvalue weighted by molar-refractivity contribution is -0.140. The van der Waals surface area contributed by atoms with Gasteiger partial charge in [0.1, 0.15) is 11.6 Å². The highest BCUT2D eigenvalue weighted by atomic mass is 19.1. The number of amides is 1. The molecular weight excluding hydrogens is 477 g/mol. The molecule has 1 heterocycles. The van der Waals surface area contributed by atoms with Crippen LogP contribution in [0.25, 0.3) is 5.76 Å². The lowest BCUT2D eigenvalue weighted by Crippen LogP contribution is -2.31. The van der Waals surface area contributed by atoms with E-state index in [1.165, 1.54) is 81.6 Å². The molecule has 38 heavy (non-hydrogen) atoms. The monoisotopic (exact) mass is 521 g/mol. The lowest BCUT2D eigenvalue weighted by Gasteiger charge is -2.25. The predicted octanol–water partition coefficient (Wildman–Crippen LogP) is 8.73. The molecule has 0 saturated carbocycles. The highest BCUT2D eigenvalue weighted by Gasteiger charge is 2.46. The van der Waals surface area contributed by atoms with E-state index in [-0.39, 0.29) is 16.9 Å². The number of carbonyl (C=O) groups excluding carboxylic acids is 2. The van der Waals surface area contributed by atoms with E-state index < -0.39 is 23.5 Å². The van der Waals surface area contributed by atoms with Gasteiger partial charge in [0.25, 0.3) is 11.7 Å². The Balaban J connectivity index is 1.51. The highest BCUT2D eigenvalue weighted by Crippen LogP contribution is 2.40. The average molecular weight is 522 g/mol. The van der Waals surface area contributed by atoms with Crippen LogP contribution in [-0.4, -0.2) is 28.2 Å². The molecule has 0 aliphatic carbocycles. The van der Waals surface area contributed by atoms with E-state index in [0.717, 1.165) is 19.3 Å². The Morgan fingerprint density at radius 1 is 0.737 bits per heavy atom. The van der Waals surface area contributed by atoms with Crippen LogP contribution < -0.4 is 0 Å². The maximum absolute atomic E-state index is 14.9. The summed E-state index contributed by atoms with van der Waals surface area (Å²) in [6.45, 7) is 2.61. The summed E-state index contributed by atoms with van der Waals surface area (Å²) in [5.41, 5.74) is 0.620. The van der Waals surface area contributed by atoms with Gasteiger partial charge in [0.15, 0.2) is 0 Å². The van der Waals surface area contributed by atoms with Crippen LogP contribution in [0.3, 0.4) is 0 Å². The molecule has 5 heteroatoms. The normalized spacial score (nSPS) is 16.9. The van der Waals surface area contributed by atoms with Crippen LogP contribution in [0.1, 0.15) is 114 Å². The van der Waals surface area contributed by atoms with E-state index in [4.69, 9.17) is 0 Å². The van der Waals surface area contributed by atoms with Crippen LogP contribution in [0.5, 0.6) is 0 Å². The zero-order chi connectivity index (χ0) is 27.2. The second-order valence-electron chi connectivity index (χ2n) is 10.5. The number of aliphatic hydroxyl groups is 1. The van der Waals surface area contributed by atoms with Gasteiger partial charge in [0, 0.05) is 17.7 Å². The van der Waals surface area contributed by atoms with Crippen LogP contribution in [0.15, 0.2) is 60.2 Å².